The Morgan fingerprint density at radius 1 is 0.971 bits per heavy atom. The van der Waals surface area contributed by atoms with E-state index in [4.69, 9.17) is 14.5 Å². The van der Waals surface area contributed by atoms with Gasteiger partial charge in [-0.1, -0.05) is 12.1 Å². The summed E-state index contributed by atoms with van der Waals surface area (Å²) in [6.07, 6.45) is 6.92. The Morgan fingerprint density at radius 2 is 1.82 bits per heavy atom. The number of nitrogens with zero attached hydrogens (tertiary/aromatic N) is 4. The number of benzene rings is 2. The number of pyridine rings is 1. The number of imidazole rings is 1. The van der Waals surface area contributed by atoms with Crippen LogP contribution in [0.25, 0.3) is 27.8 Å². The standard InChI is InChI=1S/C27H31N5O2/c1-33-15-16-34-22-8-9-24-23(17-22)28-18-32(24)26-10-5-19-3-2-4-25(27(19)30-26)31-13-11-21(12-14-31)29-20-6-7-20/h2-5,8-10,17-18,20-21,29H,6-7,11-16H2,1H3. The van der Waals surface area contributed by atoms with Gasteiger partial charge in [-0.2, -0.15) is 0 Å². The number of ether oxygens (including phenoxy) is 2. The van der Waals surface area contributed by atoms with E-state index in [0.29, 0.717) is 19.3 Å². The van der Waals surface area contributed by atoms with Gasteiger partial charge in [0.05, 0.1) is 28.8 Å². The lowest BCUT2D eigenvalue weighted by atomic mass is 10.0. The van der Waals surface area contributed by atoms with Gasteiger partial charge >= 0.3 is 0 Å². The number of nitrogens with one attached hydrogen (secondary N) is 1. The highest BCUT2D eigenvalue weighted by molar-refractivity contribution is 5.92. The van der Waals surface area contributed by atoms with Gasteiger partial charge in [0.1, 0.15) is 24.5 Å². The molecule has 2 aliphatic rings. The average molecular weight is 458 g/mol. The molecule has 1 aliphatic carbocycles. The fraction of sp³-hybridized carbons (Fsp3) is 0.407. The van der Waals surface area contributed by atoms with Crippen LogP contribution in [0, 0.1) is 0 Å². The first kappa shape index (κ1) is 21.4. The summed E-state index contributed by atoms with van der Waals surface area (Å²) in [6, 6.07) is 18.1. The Labute approximate surface area is 199 Å². The third kappa shape index (κ3) is 4.33. The van der Waals surface area contributed by atoms with E-state index in [-0.39, 0.29) is 0 Å². The molecule has 1 saturated heterocycles. The van der Waals surface area contributed by atoms with Gasteiger partial charge in [0, 0.05) is 43.7 Å². The lowest BCUT2D eigenvalue weighted by molar-refractivity contribution is 0.146. The Hall–Kier alpha value is -3.16. The van der Waals surface area contributed by atoms with Crippen LogP contribution in [0.1, 0.15) is 25.7 Å². The van der Waals surface area contributed by atoms with Gasteiger partial charge in [0.2, 0.25) is 0 Å². The number of aromatic nitrogens is 3. The molecule has 34 heavy (non-hydrogen) atoms. The van der Waals surface area contributed by atoms with Crippen molar-refractivity contribution in [1.29, 1.82) is 0 Å². The zero-order chi connectivity index (χ0) is 22.9. The van der Waals surface area contributed by atoms with Crippen LogP contribution >= 0.6 is 0 Å². The van der Waals surface area contributed by atoms with Crippen LogP contribution in [0.2, 0.25) is 0 Å². The second-order valence-electron chi connectivity index (χ2n) is 9.33. The van der Waals surface area contributed by atoms with Crippen LogP contribution in [-0.4, -0.2) is 60.0 Å². The lowest BCUT2D eigenvalue weighted by Crippen LogP contribution is -2.43. The first-order chi connectivity index (χ1) is 16.8. The summed E-state index contributed by atoms with van der Waals surface area (Å²) >= 11 is 0. The predicted molar refractivity (Wildman–Crippen MR) is 135 cm³/mol. The summed E-state index contributed by atoms with van der Waals surface area (Å²) in [5.74, 6) is 1.67. The molecule has 0 bridgehead atoms. The monoisotopic (exact) mass is 457 g/mol. The maximum atomic E-state index is 5.74. The number of rotatable bonds is 8. The van der Waals surface area contributed by atoms with Crippen molar-refractivity contribution in [1.82, 2.24) is 19.9 Å². The first-order valence-corrected chi connectivity index (χ1v) is 12.3. The molecule has 2 fully saturated rings. The summed E-state index contributed by atoms with van der Waals surface area (Å²) in [5, 5.41) is 4.96. The van der Waals surface area contributed by atoms with Crippen molar-refractivity contribution in [3.05, 3.63) is 54.9 Å². The smallest absolute Gasteiger partial charge is 0.139 e. The van der Waals surface area contributed by atoms with Crippen LogP contribution in [-0.2, 0) is 4.74 Å². The summed E-state index contributed by atoms with van der Waals surface area (Å²) in [6.45, 7) is 3.21. The topological polar surface area (TPSA) is 64.4 Å². The molecule has 2 aromatic carbocycles. The van der Waals surface area contributed by atoms with Crippen molar-refractivity contribution in [2.24, 2.45) is 0 Å². The highest BCUT2D eigenvalue weighted by Gasteiger charge is 2.27. The second-order valence-corrected chi connectivity index (χ2v) is 9.33. The molecule has 0 atom stereocenters. The van der Waals surface area contributed by atoms with Crippen molar-refractivity contribution in [3.63, 3.8) is 0 Å². The maximum Gasteiger partial charge on any atom is 0.139 e. The van der Waals surface area contributed by atoms with Gasteiger partial charge in [-0.25, -0.2) is 9.97 Å². The minimum atomic E-state index is 0.519. The minimum Gasteiger partial charge on any atom is -0.491 e. The quantitative estimate of drug-likeness (QED) is 0.398. The van der Waals surface area contributed by atoms with Gasteiger partial charge in [0.25, 0.3) is 0 Å². The zero-order valence-electron chi connectivity index (χ0n) is 19.6. The maximum absolute atomic E-state index is 5.74. The van der Waals surface area contributed by atoms with Crippen molar-refractivity contribution < 1.29 is 9.47 Å². The Bertz CT molecular complexity index is 1290. The van der Waals surface area contributed by atoms with E-state index in [1.165, 1.54) is 31.4 Å². The fourth-order valence-electron chi connectivity index (χ4n) is 4.89. The van der Waals surface area contributed by atoms with E-state index >= 15 is 0 Å². The summed E-state index contributed by atoms with van der Waals surface area (Å²) in [5.41, 5.74) is 4.17. The molecule has 4 aromatic rings. The average Bonchev–Trinajstić information content (AvgIpc) is 3.59. The molecule has 0 spiro atoms. The van der Waals surface area contributed by atoms with Gasteiger partial charge < -0.3 is 19.7 Å². The molecular formula is C27H31N5O2. The van der Waals surface area contributed by atoms with Gasteiger partial charge in [0.15, 0.2) is 0 Å². The zero-order valence-corrected chi connectivity index (χ0v) is 19.6. The molecule has 1 N–H and O–H groups in total. The lowest BCUT2D eigenvalue weighted by Gasteiger charge is -2.34. The molecule has 0 amide bonds. The van der Waals surface area contributed by atoms with Crippen LogP contribution in [0.15, 0.2) is 54.9 Å². The van der Waals surface area contributed by atoms with Crippen LogP contribution < -0.4 is 15.0 Å². The van der Waals surface area contributed by atoms with E-state index < -0.39 is 0 Å². The van der Waals surface area contributed by atoms with E-state index in [2.05, 4.69) is 50.1 Å². The number of fused-ring (bicyclic) bond motifs is 2. The van der Waals surface area contributed by atoms with Gasteiger partial charge in [-0.3, -0.25) is 4.57 Å². The van der Waals surface area contributed by atoms with E-state index in [9.17, 15) is 0 Å². The summed E-state index contributed by atoms with van der Waals surface area (Å²) in [4.78, 5) is 12.2. The molecule has 0 unspecified atom stereocenters. The molecule has 1 saturated carbocycles. The molecule has 6 rings (SSSR count). The summed E-state index contributed by atoms with van der Waals surface area (Å²) < 4.78 is 12.9. The molecule has 176 valence electrons. The third-order valence-corrected chi connectivity index (χ3v) is 6.89. The van der Waals surface area contributed by atoms with Crippen molar-refractivity contribution in [3.8, 4) is 11.6 Å². The molecule has 3 heterocycles. The number of anilines is 1. The molecular weight excluding hydrogens is 426 g/mol. The number of para-hydroxylation sites is 1. The molecule has 2 aromatic heterocycles. The van der Waals surface area contributed by atoms with Gasteiger partial charge in [-0.05, 0) is 56.0 Å². The number of hydrogen-bond acceptors (Lipinski definition) is 6. The Kier molecular flexibility index (Phi) is 5.81. The molecule has 0 radical (unpaired) electrons. The number of methoxy groups -OCH3 is 1. The van der Waals surface area contributed by atoms with E-state index in [1.807, 2.05) is 24.5 Å². The minimum absolute atomic E-state index is 0.519. The third-order valence-electron chi connectivity index (χ3n) is 6.89. The molecule has 1 aliphatic heterocycles. The SMILES string of the molecule is COCCOc1ccc2c(c1)ncn2-c1ccc2cccc(N3CCC(NC4CC4)CC3)c2n1. The highest BCUT2D eigenvalue weighted by Crippen LogP contribution is 2.30. The van der Waals surface area contributed by atoms with E-state index in [1.54, 1.807) is 7.11 Å². The van der Waals surface area contributed by atoms with Crippen LogP contribution in [0.5, 0.6) is 5.75 Å². The Morgan fingerprint density at radius 3 is 2.65 bits per heavy atom. The number of hydrogen-bond donors (Lipinski definition) is 1. The highest BCUT2D eigenvalue weighted by atomic mass is 16.5. The predicted octanol–water partition coefficient (Wildman–Crippen LogP) is 4.32. The van der Waals surface area contributed by atoms with Crippen molar-refractivity contribution >= 4 is 27.6 Å². The van der Waals surface area contributed by atoms with Crippen LogP contribution in [0.3, 0.4) is 0 Å². The first-order valence-electron chi connectivity index (χ1n) is 12.3. The van der Waals surface area contributed by atoms with Gasteiger partial charge in [-0.15, -0.1) is 0 Å². The van der Waals surface area contributed by atoms with Crippen molar-refractivity contribution in [2.75, 3.05) is 38.3 Å². The van der Waals surface area contributed by atoms with Crippen LogP contribution in [0.4, 0.5) is 5.69 Å². The summed E-state index contributed by atoms with van der Waals surface area (Å²) in [7, 11) is 1.67. The molecule has 7 heteroatoms. The fourth-order valence-corrected chi connectivity index (χ4v) is 4.89. The second kappa shape index (κ2) is 9.24. The van der Waals surface area contributed by atoms with E-state index in [0.717, 1.165) is 52.6 Å². The Balaban J connectivity index is 1.27. The normalized spacial score (nSPS) is 17.0. The molecule has 7 nitrogen and oxygen atoms in total. The number of piperidine rings is 1. The largest absolute Gasteiger partial charge is 0.491 e. The van der Waals surface area contributed by atoms with Crippen molar-refractivity contribution in [2.45, 2.75) is 37.8 Å².